The first-order valence-electron chi connectivity index (χ1n) is 10.8. The molecule has 2 bridgehead atoms. The number of aliphatic hydroxyl groups is 1. The monoisotopic (exact) mass is 426 g/mol. The molecular formula is C22H38N2O6. The van der Waals surface area contributed by atoms with E-state index in [1.807, 2.05) is 0 Å². The Kier molecular flexibility index (Phi) is 8.85. The van der Waals surface area contributed by atoms with E-state index >= 15 is 0 Å². The third kappa shape index (κ3) is 6.51. The molecule has 4 rings (SSSR count). The second-order valence-electron chi connectivity index (χ2n) is 9.57. The number of nitrogens with zero attached hydrogens (tertiary/aromatic N) is 2. The zero-order valence-corrected chi connectivity index (χ0v) is 18.7. The minimum absolute atomic E-state index is 0.388. The third-order valence-electron chi connectivity index (χ3n) is 7.15. The van der Waals surface area contributed by atoms with E-state index in [4.69, 9.17) is 24.5 Å². The SMILES string of the molecule is CN1CCC(N(C)CC(O)COCC2=CCC3CC2C3(C)C)CC1.O=C(O)C(=O)O. The molecule has 8 nitrogen and oxygen atoms in total. The van der Waals surface area contributed by atoms with Crippen LogP contribution in [0.4, 0.5) is 0 Å². The van der Waals surface area contributed by atoms with E-state index in [1.54, 1.807) is 0 Å². The zero-order valence-electron chi connectivity index (χ0n) is 18.7. The minimum Gasteiger partial charge on any atom is -0.473 e. The minimum atomic E-state index is -1.82. The van der Waals surface area contributed by atoms with Gasteiger partial charge >= 0.3 is 11.9 Å². The Morgan fingerprint density at radius 2 is 1.87 bits per heavy atom. The quantitative estimate of drug-likeness (QED) is 0.415. The summed E-state index contributed by atoms with van der Waals surface area (Å²) in [6, 6.07) is 0.601. The van der Waals surface area contributed by atoms with Crippen LogP contribution in [0, 0.1) is 17.3 Å². The average molecular weight is 427 g/mol. The molecule has 3 aliphatic carbocycles. The van der Waals surface area contributed by atoms with Crippen LogP contribution in [0.1, 0.15) is 39.5 Å². The van der Waals surface area contributed by atoms with Crippen molar-refractivity contribution in [2.45, 2.75) is 51.7 Å². The van der Waals surface area contributed by atoms with Crippen molar-refractivity contribution in [3.8, 4) is 0 Å². The van der Waals surface area contributed by atoms with Gasteiger partial charge in [-0.25, -0.2) is 9.59 Å². The van der Waals surface area contributed by atoms with Gasteiger partial charge in [0.2, 0.25) is 0 Å². The lowest BCUT2D eigenvalue weighted by Crippen LogP contribution is -2.49. The molecule has 1 heterocycles. The summed E-state index contributed by atoms with van der Waals surface area (Å²) in [5.41, 5.74) is 1.93. The number of ether oxygens (including phenoxy) is 1. The van der Waals surface area contributed by atoms with Gasteiger partial charge in [-0.1, -0.05) is 19.9 Å². The Morgan fingerprint density at radius 1 is 1.27 bits per heavy atom. The summed E-state index contributed by atoms with van der Waals surface area (Å²) < 4.78 is 5.88. The Morgan fingerprint density at radius 3 is 2.37 bits per heavy atom. The van der Waals surface area contributed by atoms with Crippen molar-refractivity contribution >= 4 is 11.9 Å². The highest BCUT2D eigenvalue weighted by Crippen LogP contribution is 2.59. The van der Waals surface area contributed by atoms with Gasteiger partial charge in [0.25, 0.3) is 0 Å². The van der Waals surface area contributed by atoms with Gasteiger partial charge in [-0.05, 0) is 75.7 Å². The smallest absolute Gasteiger partial charge is 0.414 e. The van der Waals surface area contributed by atoms with Crippen molar-refractivity contribution in [1.29, 1.82) is 0 Å². The second kappa shape index (κ2) is 10.7. The molecule has 172 valence electrons. The number of rotatable bonds is 7. The number of likely N-dealkylation sites (N-methyl/N-ethyl adjacent to an activating group) is 1. The number of piperidine rings is 1. The standard InChI is InChI=1S/C20H36N2O2.C2H2O4/c1-20(2)16-6-5-15(19(20)11-16)13-24-14-18(23)12-22(4)17-7-9-21(3)10-8-17;3-1(4)2(5)6/h5,16-19,23H,6-14H2,1-4H3;(H,3,4)(H,5,6). The first kappa shape index (κ1) is 24.8. The number of fused-ring (bicyclic) bond motifs is 1. The van der Waals surface area contributed by atoms with E-state index in [1.165, 1.54) is 31.3 Å². The van der Waals surface area contributed by atoms with Crippen LogP contribution >= 0.6 is 0 Å². The lowest BCUT2D eigenvalue weighted by molar-refractivity contribution is -0.159. The van der Waals surface area contributed by atoms with Gasteiger partial charge in [-0.15, -0.1) is 0 Å². The maximum absolute atomic E-state index is 10.3. The van der Waals surface area contributed by atoms with Crippen LogP contribution in [0.25, 0.3) is 0 Å². The Labute approximate surface area is 179 Å². The molecule has 0 aromatic heterocycles. The van der Waals surface area contributed by atoms with Gasteiger partial charge in [0.05, 0.1) is 19.3 Å². The summed E-state index contributed by atoms with van der Waals surface area (Å²) in [7, 11) is 4.32. The fourth-order valence-corrected chi connectivity index (χ4v) is 4.92. The van der Waals surface area contributed by atoms with Gasteiger partial charge in [-0.3, -0.25) is 0 Å². The van der Waals surface area contributed by atoms with Gasteiger partial charge < -0.3 is 29.9 Å². The largest absolute Gasteiger partial charge is 0.473 e. The number of likely N-dealkylation sites (tertiary alicyclic amines) is 1. The highest BCUT2D eigenvalue weighted by atomic mass is 16.5. The van der Waals surface area contributed by atoms with Gasteiger partial charge in [-0.2, -0.15) is 0 Å². The molecule has 0 amide bonds. The number of hydrogen-bond donors (Lipinski definition) is 3. The molecule has 3 atom stereocenters. The van der Waals surface area contributed by atoms with Crippen LogP contribution < -0.4 is 0 Å². The maximum Gasteiger partial charge on any atom is 0.414 e. The van der Waals surface area contributed by atoms with Crippen molar-refractivity contribution in [3.05, 3.63) is 11.6 Å². The second-order valence-corrected chi connectivity index (χ2v) is 9.57. The number of hydrogen-bond acceptors (Lipinski definition) is 6. The van der Waals surface area contributed by atoms with Crippen molar-refractivity contribution < 1.29 is 29.6 Å². The van der Waals surface area contributed by atoms with Crippen molar-refractivity contribution in [1.82, 2.24) is 9.80 Å². The van der Waals surface area contributed by atoms with Gasteiger partial charge in [0, 0.05) is 12.6 Å². The molecule has 2 fully saturated rings. The van der Waals surface area contributed by atoms with E-state index in [0.29, 0.717) is 37.1 Å². The Hall–Kier alpha value is -1.48. The molecule has 0 aromatic carbocycles. The van der Waals surface area contributed by atoms with E-state index in [-0.39, 0.29) is 6.10 Å². The molecule has 3 N–H and O–H groups in total. The summed E-state index contributed by atoms with van der Waals surface area (Å²) in [5.74, 6) is -2.07. The molecule has 1 aliphatic heterocycles. The summed E-state index contributed by atoms with van der Waals surface area (Å²) in [4.78, 5) is 22.9. The molecular weight excluding hydrogens is 388 g/mol. The van der Waals surface area contributed by atoms with Crippen LogP contribution in [-0.4, -0.2) is 96.1 Å². The van der Waals surface area contributed by atoms with Crippen molar-refractivity contribution in [2.24, 2.45) is 17.3 Å². The molecule has 8 heteroatoms. The van der Waals surface area contributed by atoms with Crippen LogP contribution in [0.5, 0.6) is 0 Å². The third-order valence-corrected chi connectivity index (χ3v) is 7.15. The first-order valence-corrected chi connectivity index (χ1v) is 10.8. The van der Waals surface area contributed by atoms with E-state index in [9.17, 15) is 5.11 Å². The van der Waals surface area contributed by atoms with Crippen molar-refractivity contribution in [2.75, 3.05) is 46.9 Å². The predicted molar refractivity (Wildman–Crippen MR) is 113 cm³/mol. The molecule has 0 aromatic rings. The molecule has 0 spiro atoms. The summed E-state index contributed by atoms with van der Waals surface area (Å²) in [6.07, 6.45) is 6.95. The maximum atomic E-state index is 10.3. The number of aliphatic carboxylic acids is 2. The molecule has 3 unspecified atom stereocenters. The van der Waals surface area contributed by atoms with Gasteiger partial charge in [0.1, 0.15) is 0 Å². The van der Waals surface area contributed by atoms with Crippen molar-refractivity contribution in [3.63, 3.8) is 0 Å². The lowest BCUT2D eigenvalue weighted by Gasteiger charge is -2.56. The zero-order chi connectivity index (χ0) is 22.5. The number of aliphatic hydroxyl groups excluding tert-OH is 1. The normalized spacial score (nSPS) is 26.8. The van der Waals surface area contributed by atoms with Crippen LogP contribution in [0.2, 0.25) is 0 Å². The fraction of sp³-hybridized carbons (Fsp3) is 0.818. The molecule has 30 heavy (non-hydrogen) atoms. The predicted octanol–water partition coefficient (Wildman–Crippen LogP) is 1.54. The highest BCUT2D eigenvalue weighted by Gasteiger charge is 2.50. The molecule has 1 saturated heterocycles. The van der Waals surface area contributed by atoms with E-state index < -0.39 is 11.9 Å². The topological polar surface area (TPSA) is 111 Å². The Bertz CT molecular complexity index is 615. The number of carbonyl (C=O) groups is 2. The molecule has 1 saturated carbocycles. The lowest BCUT2D eigenvalue weighted by atomic mass is 9.49. The van der Waals surface area contributed by atoms with Crippen LogP contribution in [0.15, 0.2) is 11.6 Å². The fourth-order valence-electron chi connectivity index (χ4n) is 4.92. The van der Waals surface area contributed by atoms with Gasteiger partial charge in [0.15, 0.2) is 0 Å². The van der Waals surface area contributed by atoms with E-state index in [2.05, 4.69) is 43.8 Å². The highest BCUT2D eigenvalue weighted by molar-refractivity contribution is 6.27. The summed E-state index contributed by atoms with van der Waals surface area (Å²) >= 11 is 0. The van der Waals surface area contributed by atoms with Crippen LogP contribution in [0.3, 0.4) is 0 Å². The molecule has 0 radical (unpaired) electrons. The summed E-state index contributed by atoms with van der Waals surface area (Å²) in [5, 5.41) is 25.1. The molecule has 4 aliphatic rings. The number of allylic oxidation sites excluding steroid dienone is 1. The van der Waals surface area contributed by atoms with Crippen LogP contribution in [-0.2, 0) is 14.3 Å². The Balaban J connectivity index is 0.000000469. The summed E-state index contributed by atoms with van der Waals surface area (Å²) in [6.45, 7) is 8.97. The van der Waals surface area contributed by atoms with E-state index in [0.717, 1.165) is 19.0 Å². The number of carboxylic acids is 2. The first-order chi connectivity index (χ1) is 14.0. The number of carboxylic acid groups (broad SMARTS) is 2. The average Bonchev–Trinajstić information content (AvgIpc) is 2.68.